The van der Waals surface area contributed by atoms with Gasteiger partial charge in [-0.1, -0.05) is 0 Å². The van der Waals surface area contributed by atoms with Crippen molar-refractivity contribution < 1.29 is 4.74 Å². The summed E-state index contributed by atoms with van der Waals surface area (Å²) in [6, 6.07) is 4.80. The number of anilines is 1. The average molecular weight is 207 g/mol. The maximum absolute atomic E-state index is 5.30. The second kappa shape index (κ2) is 4.56. The molecule has 0 saturated carbocycles. The van der Waals surface area contributed by atoms with E-state index < -0.39 is 0 Å². The van der Waals surface area contributed by atoms with E-state index in [9.17, 15) is 0 Å². The van der Waals surface area contributed by atoms with Crippen molar-refractivity contribution in [1.29, 1.82) is 0 Å². The van der Waals surface area contributed by atoms with Crippen LogP contribution in [0, 0.1) is 13.8 Å². The Labute approximate surface area is 92.9 Å². The second-order valence-electron chi connectivity index (χ2n) is 4.31. The summed E-state index contributed by atoms with van der Waals surface area (Å²) >= 11 is 0. The third kappa shape index (κ3) is 2.44. The molecule has 0 bridgehead atoms. The van der Waals surface area contributed by atoms with Crippen LogP contribution in [0.25, 0.3) is 0 Å². The first-order valence-corrected chi connectivity index (χ1v) is 5.35. The van der Waals surface area contributed by atoms with Gasteiger partial charge in [0.25, 0.3) is 0 Å². The van der Waals surface area contributed by atoms with Crippen LogP contribution in [0.15, 0.2) is 12.1 Å². The molecule has 15 heavy (non-hydrogen) atoms. The predicted octanol–water partition coefficient (Wildman–Crippen LogP) is 3.16. The first-order valence-electron chi connectivity index (χ1n) is 5.35. The average Bonchev–Trinajstić information content (AvgIpc) is 2.19. The van der Waals surface area contributed by atoms with Crippen LogP contribution < -0.4 is 9.64 Å². The Morgan fingerprint density at radius 3 is 2.20 bits per heavy atom. The maximum Gasteiger partial charge on any atom is 0.122 e. The fraction of sp³-hybridized carbons (Fsp3) is 0.538. The van der Waals surface area contributed by atoms with E-state index in [0.29, 0.717) is 6.04 Å². The van der Waals surface area contributed by atoms with Crippen molar-refractivity contribution >= 4 is 5.69 Å². The Balaban J connectivity index is 3.15. The summed E-state index contributed by atoms with van der Waals surface area (Å²) in [6.45, 7) is 8.59. The zero-order chi connectivity index (χ0) is 11.6. The molecule has 2 heteroatoms. The number of benzene rings is 1. The molecule has 0 aromatic heterocycles. The second-order valence-corrected chi connectivity index (χ2v) is 4.31. The lowest BCUT2D eigenvalue weighted by molar-refractivity contribution is 0.411. The first-order chi connectivity index (χ1) is 6.97. The van der Waals surface area contributed by atoms with Gasteiger partial charge >= 0.3 is 0 Å². The van der Waals surface area contributed by atoms with Gasteiger partial charge in [-0.15, -0.1) is 0 Å². The van der Waals surface area contributed by atoms with Crippen LogP contribution in [0.5, 0.6) is 5.75 Å². The van der Waals surface area contributed by atoms with Crippen molar-refractivity contribution in [3.8, 4) is 5.75 Å². The molecule has 1 aromatic carbocycles. The summed E-state index contributed by atoms with van der Waals surface area (Å²) in [7, 11) is 3.84. The number of nitrogens with zero attached hydrogens (tertiary/aromatic N) is 1. The smallest absolute Gasteiger partial charge is 0.122 e. The molecule has 0 aliphatic heterocycles. The Bertz CT molecular complexity index is 345. The first kappa shape index (κ1) is 11.9. The van der Waals surface area contributed by atoms with Crippen LogP contribution in [0.4, 0.5) is 5.69 Å². The molecule has 1 aromatic rings. The highest BCUT2D eigenvalue weighted by Crippen LogP contribution is 2.28. The molecule has 2 nitrogen and oxygen atoms in total. The molecule has 0 saturated heterocycles. The van der Waals surface area contributed by atoms with Crippen LogP contribution in [-0.4, -0.2) is 20.2 Å². The summed E-state index contributed by atoms with van der Waals surface area (Å²) in [5.74, 6) is 0.966. The van der Waals surface area contributed by atoms with E-state index in [4.69, 9.17) is 4.74 Å². The fourth-order valence-corrected chi connectivity index (χ4v) is 1.65. The number of hydrogen-bond donors (Lipinski definition) is 0. The number of hydrogen-bond acceptors (Lipinski definition) is 2. The monoisotopic (exact) mass is 207 g/mol. The summed E-state index contributed by atoms with van der Waals surface area (Å²) in [5, 5.41) is 0. The molecule has 0 aliphatic carbocycles. The molecule has 0 heterocycles. The van der Waals surface area contributed by atoms with Crippen molar-refractivity contribution in [3.05, 3.63) is 23.3 Å². The Hall–Kier alpha value is -1.18. The Morgan fingerprint density at radius 2 is 1.73 bits per heavy atom. The van der Waals surface area contributed by atoms with E-state index in [1.807, 2.05) is 0 Å². The van der Waals surface area contributed by atoms with Gasteiger partial charge < -0.3 is 9.64 Å². The standard InChI is InChI=1S/C13H21NO/c1-9(2)14(5)12-7-11(4)13(15-6)8-10(12)3/h7-9H,1-6H3. The molecule has 0 N–H and O–H groups in total. The van der Waals surface area contributed by atoms with Crippen LogP contribution in [0.3, 0.4) is 0 Å². The van der Waals surface area contributed by atoms with Gasteiger partial charge in [-0.3, -0.25) is 0 Å². The molecule has 0 radical (unpaired) electrons. The van der Waals surface area contributed by atoms with Crippen molar-refractivity contribution in [2.45, 2.75) is 33.7 Å². The maximum atomic E-state index is 5.30. The molecular formula is C13H21NO. The molecule has 84 valence electrons. The largest absolute Gasteiger partial charge is 0.496 e. The summed E-state index contributed by atoms with van der Waals surface area (Å²) in [4.78, 5) is 2.28. The zero-order valence-corrected chi connectivity index (χ0v) is 10.6. The van der Waals surface area contributed by atoms with Crippen LogP contribution in [0.2, 0.25) is 0 Å². The summed E-state index contributed by atoms with van der Waals surface area (Å²) in [5.41, 5.74) is 3.72. The number of rotatable bonds is 3. The highest BCUT2D eigenvalue weighted by Gasteiger charge is 2.10. The summed E-state index contributed by atoms with van der Waals surface area (Å²) in [6.07, 6.45) is 0. The zero-order valence-electron chi connectivity index (χ0n) is 10.6. The molecule has 1 rings (SSSR count). The van der Waals surface area contributed by atoms with E-state index in [2.05, 4.69) is 51.8 Å². The SMILES string of the molecule is COc1cc(C)c(N(C)C(C)C)cc1C. The van der Waals surface area contributed by atoms with Gasteiger partial charge in [-0.25, -0.2) is 0 Å². The molecule has 0 spiro atoms. The lowest BCUT2D eigenvalue weighted by Crippen LogP contribution is -2.26. The van der Waals surface area contributed by atoms with E-state index in [1.54, 1.807) is 7.11 Å². The number of methoxy groups -OCH3 is 1. The van der Waals surface area contributed by atoms with E-state index in [-0.39, 0.29) is 0 Å². The minimum atomic E-state index is 0.511. The quantitative estimate of drug-likeness (QED) is 0.755. The van der Waals surface area contributed by atoms with E-state index in [1.165, 1.54) is 16.8 Å². The molecule has 0 fully saturated rings. The topological polar surface area (TPSA) is 12.5 Å². The number of ether oxygens (including phenoxy) is 1. The van der Waals surface area contributed by atoms with Crippen LogP contribution >= 0.6 is 0 Å². The van der Waals surface area contributed by atoms with E-state index in [0.717, 1.165) is 5.75 Å². The van der Waals surface area contributed by atoms with Gasteiger partial charge in [0, 0.05) is 18.8 Å². The highest BCUT2D eigenvalue weighted by molar-refractivity contribution is 5.58. The molecular weight excluding hydrogens is 186 g/mol. The summed E-state index contributed by atoms with van der Waals surface area (Å²) < 4.78 is 5.30. The van der Waals surface area contributed by atoms with Gasteiger partial charge in [-0.05, 0) is 51.0 Å². The van der Waals surface area contributed by atoms with Gasteiger partial charge in [-0.2, -0.15) is 0 Å². The van der Waals surface area contributed by atoms with Gasteiger partial charge in [0.15, 0.2) is 0 Å². The van der Waals surface area contributed by atoms with Crippen molar-refractivity contribution in [3.63, 3.8) is 0 Å². The van der Waals surface area contributed by atoms with E-state index >= 15 is 0 Å². The molecule has 0 unspecified atom stereocenters. The third-order valence-corrected chi connectivity index (χ3v) is 2.87. The van der Waals surface area contributed by atoms with Crippen molar-refractivity contribution in [2.24, 2.45) is 0 Å². The molecule has 0 aliphatic rings. The van der Waals surface area contributed by atoms with Crippen LogP contribution in [-0.2, 0) is 0 Å². The van der Waals surface area contributed by atoms with Crippen molar-refractivity contribution in [1.82, 2.24) is 0 Å². The lowest BCUT2D eigenvalue weighted by atomic mass is 10.1. The Morgan fingerprint density at radius 1 is 1.13 bits per heavy atom. The minimum Gasteiger partial charge on any atom is -0.496 e. The van der Waals surface area contributed by atoms with Crippen LogP contribution in [0.1, 0.15) is 25.0 Å². The fourth-order valence-electron chi connectivity index (χ4n) is 1.65. The van der Waals surface area contributed by atoms with Crippen molar-refractivity contribution in [2.75, 3.05) is 19.1 Å². The highest BCUT2D eigenvalue weighted by atomic mass is 16.5. The van der Waals surface area contributed by atoms with Gasteiger partial charge in [0.1, 0.15) is 5.75 Å². The normalized spacial score (nSPS) is 10.6. The van der Waals surface area contributed by atoms with Gasteiger partial charge in [0.05, 0.1) is 7.11 Å². The third-order valence-electron chi connectivity index (χ3n) is 2.87. The van der Waals surface area contributed by atoms with Gasteiger partial charge in [0.2, 0.25) is 0 Å². The minimum absolute atomic E-state index is 0.511. The Kier molecular flexibility index (Phi) is 3.61. The lowest BCUT2D eigenvalue weighted by Gasteiger charge is -2.26. The number of aryl methyl sites for hydroxylation is 2. The molecule has 0 amide bonds. The molecule has 0 atom stereocenters. The predicted molar refractivity (Wildman–Crippen MR) is 66.0 cm³/mol.